The lowest BCUT2D eigenvalue weighted by atomic mass is 9.82. The molecule has 1 fully saturated rings. The first-order valence-electron chi connectivity index (χ1n) is 14.7. The minimum absolute atomic E-state index is 0.0152. The number of aromatic nitrogens is 1. The number of ether oxygens (including phenoxy) is 2. The molecule has 0 saturated carbocycles. The Bertz CT molecular complexity index is 1620. The lowest BCUT2D eigenvalue weighted by Gasteiger charge is -2.35. The molecule has 1 aromatic heterocycles. The molecule has 4 rings (SSSR count). The lowest BCUT2D eigenvalue weighted by Crippen LogP contribution is -2.50. The second-order valence-electron chi connectivity index (χ2n) is 12.6. The summed E-state index contributed by atoms with van der Waals surface area (Å²) in [7, 11) is 0. The van der Waals surface area contributed by atoms with E-state index in [2.05, 4.69) is 15.0 Å². The van der Waals surface area contributed by atoms with Crippen LogP contribution in [0.15, 0.2) is 60.0 Å². The Balaban J connectivity index is 1.64. The number of ketones is 1. The molecule has 1 aliphatic rings. The van der Waals surface area contributed by atoms with Gasteiger partial charge in [-0.25, -0.2) is 22.4 Å². The molecule has 3 atom stereocenters. The van der Waals surface area contributed by atoms with Gasteiger partial charge in [0.25, 0.3) is 0 Å². The lowest BCUT2D eigenvalue weighted by molar-refractivity contribution is -0.119. The third-order valence-electron chi connectivity index (χ3n) is 7.65. The molecule has 0 aliphatic carbocycles. The van der Waals surface area contributed by atoms with Crippen LogP contribution < -0.4 is 0 Å². The summed E-state index contributed by atoms with van der Waals surface area (Å²) < 4.78 is 69.1. The quantitative estimate of drug-likeness (QED) is 0.0980. The number of hydrogen-bond donors (Lipinski definition) is 0. The molecule has 1 aliphatic heterocycles. The number of pyridine rings is 1. The Hall–Kier alpha value is -4.48. The summed E-state index contributed by atoms with van der Waals surface area (Å²) in [6.07, 6.45) is 1.64. The van der Waals surface area contributed by atoms with Gasteiger partial charge in [-0.2, -0.15) is 0 Å². The van der Waals surface area contributed by atoms with Crippen LogP contribution in [-0.2, 0) is 27.1 Å². The standard InChI is InChI=1S/C33H35F4N5O4/c1-32(2,3)46-31(44)42-25(18-45-33(42,4)5)10-11-26-21(16-39-17-27(26)37)14-28(43)30(40-41-38)29(19-6-8-22(34)9-7-19)20-12-23(35)15-24(36)13-20/h6-9,12-13,15-17,25,29-30H,10-11,14,18H2,1-5H3/t25-,29?,30+/m0/s1. The summed E-state index contributed by atoms with van der Waals surface area (Å²) >= 11 is 0. The predicted octanol–water partition coefficient (Wildman–Crippen LogP) is 7.57. The Kier molecular flexibility index (Phi) is 10.4. The number of carbonyl (C=O) groups excluding carboxylic acids is 2. The minimum Gasteiger partial charge on any atom is -0.444 e. The largest absolute Gasteiger partial charge is 0.444 e. The van der Waals surface area contributed by atoms with Crippen molar-refractivity contribution < 1.29 is 36.6 Å². The van der Waals surface area contributed by atoms with Crippen molar-refractivity contribution >= 4 is 11.9 Å². The highest BCUT2D eigenvalue weighted by Crippen LogP contribution is 2.34. The number of hydrogen-bond acceptors (Lipinski definition) is 6. The zero-order valence-corrected chi connectivity index (χ0v) is 26.1. The topological polar surface area (TPSA) is 117 Å². The Morgan fingerprint density at radius 3 is 2.33 bits per heavy atom. The second-order valence-corrected chi connectivity index (χ2v) is 12.6. The number of nitrogens with zero attached hydrogens (tertiary/aromatic N) is 5. The van der Waals surface area contributed by atoms with Crippen LogP contribution in [0.5, 0.6) is 0 Å². The van der Waals surface area contributed by atoms with Gasteiger partial charge in [0.15, 0.2) is 0 Å². The number of amides is 1. The Morgan fingerprint density at radius 1 is 1.07 bits per heavy atom. The summed E-state index contributed by atoms with van der Waals surface area (Å²) in [5.74, 6) is -5.01. The fraction of sp³-hybridized carbons (Fsp3) is 0.424. The number of halogens is 4. The van der Waals surface area contributed by atoms with Crippen LogP contribution in [0.1, 0.15) is 69.2 Å². The molecule has 0 bridgehead atoms. The molecule has 2 aromatic carbocycles. The first-order chi connectivity index (χ1) is 21.6. The minimum atomic E-state index is -1.54. The average molecular weight is 642 g/mol. The van der Waals surface area contributed by atoms with E-state index >= 15 is 4.39 Å². The third-order valence-corrected chi connectivity index (χ3v) is 7.65. The number of rotatable bonds is 10. The molecule has 1 unspecified atom stereocenters. The normalized spacial score (nSPS) is 17.2. The van der Waals surface area contributed by atoms with Crippen molar-refractivity contribution in [3.63, 3.8) is 0 Å². The van der Waals surface area contributed by atoms with Gasteiger partial charge in [0, 0.05) is 29.5 Å². The van der Waals surface area contributed by atoms with E-state index in [4.69, 9.17) is 9.47 Å². The molecule has 1 saturated heterocycles. The third kappa shape index (κ3) is 8.21. The number of benzene rings is 2. The van der Waals surface area contributed by atoms with E-state index in [1.54, 1.807) is 34.6 Å². The van der Waals surface area contributed by atoms with Crippen LogP contribution in [0, 0.1) is 23.3 Å². The van der Waals surface area contributed by atoms with Crippen LogP contribution in [0.2, 0.25) is 0 Å². The predicted molar refractivity (Wildman–Crippen MR) is 161 cm³/mol. The van der Waals surface area contributed by atoms with Gasteiger partial charge in [0.05, 0.1) is 18.8 Å². The number of Topliss-reactive ketones (excluding diaryl/α,β-unsaturated/α-hetero) is 1. The van der Waals surface area contributed by atoms with Crippen LogP contribution in [-0.4, -0.2) is 51.8 Å². The smallest absolute Gasteiger partial charge is 0.412 e. The molecule has 13 heteroatoms. The SMILES string of the molecule is CC(C)(C)OC(=O)N1[C@@H](CCc2c(F)cncc2CC(=O)[C@@H](N=[N+]=[N-])C(c2ccc(F)cc2)c2cc(F)cc(F)c2)COC1(C)C. The highest BCUT2D eigenvalue weighted by Gasteiger charge is 2.45. The van der Waals surface area contributed by atoms with E-state index in [1.165, 1.54) is 23.2 Å². The van der Waals surface area contributed by atoms with Crippen LogP contribution >= 0.6 is 0 Å². The van der Waals surface area contributed by atoms with E-state index in [-0.39, 0.29) is 41.7 Å². The van der Waals surface area contributed by atoms with Gasteiger partial charge in [-0.1, -0.05) is 17.2 Å². The van der Waals surface area contributed by atoms with E-state index in [9.17, 15) is 28.3 Å². The maximum Gasteiger partial charge on any atom is 0.412 e. The van der Waals surface area contributed by atoms with Gasteiger partial charge in [-0.3, -0.25) is 14.7 Å². The van der Waals surface area contributed by atoms with Crippen molar-refractivity contribution in [2.75, 3.05) is 6.61 Å². The Labute approximate surface area is 264 Å². The first kappa shape index (κ1) is 34.4. The summed E-state index contributed by atoms with van der Waals surface area (Å²) in [5, 5.41) is 3.69. The molecule has 0 radical (unpaired) electrons. The molecule has 46 heavy (non-hydrogen) atoms. The highest BCUT2D eigenvalue weighted by molar-refractivity contribution is 5.88. The maximum absolute atomic E-state index is 15.3. The van der Waals surface area contributed by atoms with Gasteiger partial charge in [0.1, 0.15) is 46.4 Å². The molecule has 244 valence electrons. The van der Waals surface area contributed by atoms with E-state index < -0.39 is 70.9 Å². The summed E-state index contributed by atoms with van der Waals surface area (Å²) in [5.41, 5.74) is 8.29. The Morgan fingerprint density at radius 2 is 1.72 bits per heavy atom. The van der Waals surface area contributed by atoms with Crippen LogP contribution in [0.25, 0.3) is 10.4 Å². The van der Waals surface area contributed by atoms with E-state index in [0.29, 0.717) is 6.07 Å². The van der Waals surface area contributed by atoms with Crippen LogP contribution in [0.3, 0.4) is 0 Å². The van der Waals surface area contributed by atoms with Crippen molar-refractivity contribution in [2.24, 2.45) is 5.11 Å². The summed E-state index contributed by atoms with van der Waals surface area (Å²) in [6, 6.07) is 5.52. The molecule has 0 N–H and O–H groups in total. The molecular weight excluding hydrogens is 606 g/mol. The molecule has 2 heterocycles. The highest BCUT2D eigenvalue weighted by atomic mass is 19.1. The van der Waals surface area contributed by atoms with Gasteiger partial charge in [-0.05, 0) is 99.5 Å². The monoisotopic (exact) mass is 641 g/mol. The zero-order valence-electron chi connectivity index (χ0n) is 26.1. The fourth-order valence-electron chi connectivity index (χ4n) is 5.67. The van der Waals surface area contributed by atoms with Crippen LogP contribution in [0.4, 0.5) is 22.4 Å². The summed E-state index contributed by atoms with van der Waals surface area (Å²) in [6.45, 7) is 8.87. The fourth-order valence-corrected chi connectivity index (χ4v) is 5.67. The first-order valence-corrected chi connectivity index (χ1v) is 14.7. The second kappa shape index (κ2) is 13.9. The average Bonchev–Trinajstić information content (AvgIpc) is 3.25. The molecule has 1 amide bonds. The van der Waals surface area contributed by atoms with Crippen molar-refractivity contribution in [1.82, 2.24) is 9.88 Å². The van der Waals surface area contributed by atoms with E-state index in [1.807, 2.05) is 0 Å². The van der Waals surface area contributed by atoms with Crippen molar-refractivity contribution in [1.29, 1.82) is 0 Å². The summed E-state index contributed by atoms with van der Waals surface area (Å²) in [4.78, 5) is 35.1. The van der Waals surface area contributed by atoms with Gasteiger partial charge in [-0.15, -0.1) is 0 Å². The van der Waals surface area contributed by atoms with Gasteiger partial charge >= 0.3 is 6.09 Å². The molecule has 3 aromatic rings. The molecule has 9 nitrogen and oxygen atoms in total. The maximum atomic E-state index is 15.3. The molecule has 0 spiro atoms. The van der Waals surface area contributed by atoms with Crippen molar-refractivity contribution in [3.05, 3.63) is 111 Å². The zero-order chi connectivity index (χ0) is 33.8. The van der Waals surface area contributed by atoms with Crippen molar-refractivity contribution in [2.45, 2.75) is 83.2 Å². The van der Waals surface area contributed by atoms with Crippen molar-refractivity contribution in [3.8, 4) is 0 Å². The molecular formula is C33H35F4N5O4. The van der Waals surface area contributed by atoms with E-state index in [0.717, 1.165) is 30.5 Å². The van der Waals surface area contributed by atoms with Gasteiger partial charge < -0.3 is 9.47 Å². The number of carbonyl (C=O) groups is 2. The number of azide groups is 1. The van der Waals surface area contributed by atoms with Gasteiger partial charge in [0.2, 0.25) is 0 Å².